The predicted molar refractivity (Wildman–Crippen MR) is 90.8 cm³/mol. The van der Waals surface area contributed by atoms with E-state index in [0.717, 1.165) is 29.0 Å². The van der Waals surface area contributed by atoms with Gasteiger partial charge in [0, 0.05) is 9.90 Å². The van der Waals surface area contributed by atoms with Gasteiger partial charge in [0.25, 0.3) is 5.91 Å². The third-order valence-electron chi connectivity index (χ3n) is 4.49. The Bertz CT molecular complexity index is 738. The summed E-state index contributed by atoms with van der Waals surface area (Å²) in [6.45, 7) is 2.28. The van der Waals surface area contributed by atoms with E-state index in [4.69, 9.17) is 11.6 Å². The molecule has 22 heavy (non-hydrogen) atoms. The molecule has 0 unspecified atom stereocenters. The molecule has 2 aliphatic rings. The molecule has 0 spiro atoms. The topological polar surface area (TPSA) is 41.1 Å². The average Bonchev–Trinajstić information content (AvgIpc) is 2.85. The van der Waals surface area contributed by atoms with Crippen LogP contribution in [0, 0.1) is 5.92 Å². The van der Waals surface area contributed by atoms with E-state index in [9.17, 15) is 4.79 Å². The molecule has 1 aliphatic heterocycles. The van der Waals surface area contributed by atoms with Crippen LogP contribution in [0.1, 0.15) is 45.9 Å². The van der Waals surface area contributed by atoms with Crippen LogP contribution in [0.15, 0.2) is 24.3 Å². The number of halogens is 1. The van der Waals surface area contributed by atoms with Gasteiger partial charge in [-0.05, 0) is 48.4 Å². The zero-order valence-corrected chi connectivity index (χ0v) is 13.9. The van der Waals surface area contributed by atoms with Crippen LogP contribution in [-0.2, 0) is 12.8 Å². The number of benzene rings is 1. The van der Waals surface area contributed by atoms with E-state index in [1.54, 1.807) is 11.3 Å². The Morgan fingerprint density at radius 1 is 1.23 bits per heavy atom. The molecule has 0 bridgehead atoms. The minimum Gasteiger partial charge on any atom is -0.353 e. The summed E-state index contributed by atoms with van der Waals surface area (Å²) in [7, 11) is 0. The highest BCUT2D eigenvalue weighted by atomic mass is 35.5. The first-order valence-electron chi connectivity index (χ1n) is 7.59. The van der Waals surface area contributed by atoms with Crippen LogP contribution in [0.25, 0.3) is 0 Å². The maximum Gasteiger partial charge on any atom is 0.256 e. The van der Waals surface area contributed by atoms with E-state index in [0.29, 0.717) is 10.9 Å². The highest BCUT2D eigenvalue weighted by Crippen LogP contribution is 2.42. The van der Waals surface area contributed by atoms with Gasteiger partial charge in [0.2, 0.25) is 0 Å². The molecular weight excluding hydrogens is 316 g/mol. The van der Waals surface area contributed by atoms with Gasteiger partial charge in [-0.15, -0.1) is 11.3 Å². The van der Waals surface area contributed by atoms with Gasteiger partial charge in [-0.2, -0.15) is 0 Å². The number of carbonyl (C=O) groups is 1. The van der Waals surface area contributed by atoms with Crippen LogP contribution >= 0.6 is 22.9 Å². The van der Waals surface area contributed by atoms with Crippen LogP contribution in [0.2, 0.25) is 5.02 Å². The summed E-state index contributed by atoms with van der Waals surface area (Å²) in [4.78, 5) is 14.0. The molecule has 0 fully saturated rings. The molecule has 5 heteroatoms. The van der Waals surface area contributed by atoms with Crippen molar-refractivity contribution in [2.45, 2.75) is 32.4 Å². The molecule has 2 atom stereocenters. The Hall–Kier alpha value is -1.52. The third-order valence-corrected chi connectivity index (χ3v) is 5.93. The van der Waals surface area contributed by atoms with Crippen LogP contribution in [-0.4, -0.2) is 5.91 Å². The molecule has 1 amide bonds. The normalized spacial score (nSPS) is 23.3. The van der Waals surface area contributed by atoms with Gasteiger partial charge in [0.15, 0.2) is 0 Å². The summed E-state index contributed by atoms with van der Waals surface area (Å²) in [5.41, 5.74) is 3.15. The molecule has 2 aromatic rings. The molecule has 3 nitrogen and oxygen atoms in total. The first kappa shape index (κ1) is 14.1. The number of hydrogen-bond donors (Lipinski definition) is 2. The molecule has 1 aromatic carbocycles. The number of nitrogens with one attached hydrogen (secondary N) is 2. The molecule has 2 heterocycles. The Labute approximate surface area is 138 Å². The molecule has 0 saturated carbocycles. The third kappa shape index (κ3) is 2.31. The molecule has 0 radical (unpaired) electrons. The number of hydrogen-bond acceptors (Lipinski definition) is 3. The first-order valence-corrected chi connectivity index (χ1v) is 8.78. The van der Waals surface area contributed by atoms with Crippen molar-refractivity contribution in [2.75, 3.05) is 5.32 Å². The summed E-state index contributed by atoms with van der Waals surface area (Å²) in [5.74, 6) is 0.753. The van der Waals surface area contributed by atoms with Gasteiger partial charge < -0.3 is 10.6 Å². The molecule has 4 rings (SSSR count). The monoisotopic (exact) mass is 332 g/mol. The highest BCUT2D eigenvalue weighted by Gasteiger charge is 2.32. The second-order valence-corrected chi connectivity index (χ2v) is 7.70. The lowest BCUT2D eigenvalue weighted by Gasteiger charge is -2.27. The lowest BCUT2D eigenvalue weighted by atomic mass is 9.88. The number of carbonyl (C=O) groups excluding carboxylic acids is 1. The van der Waals surface area contributed by atoms with E-state index in [1.165, 1.54) is 16.9 Å². The van der Waals surface area contributed by atoms with Gasteiger partial charge in [0.1, 0.15) is 11.2 Å². The Kier molecular flexibility index (Phi) is 3.39. The highest BCUT2D eigenvalue weighted by molar-refractivity contribution is 7.16. The molecule has 2 N–H and O–H groups in total. The predicted octanol–water partition coefficient (Wildman–Crippen LogP) is 4.38. The lowest BCUT2D eigenvalue weighted by molar-refractivity contribution is 0.0935. The lowest BCUT2D eigenvalue weighted by Crippen LogP contribution is -2.38. The van der Waals surface area contributed by atoms with Crippen molar-refractivity contribution < 1.29 is 4.79 Å². The van der Waals surface area contributed by atoms with Crippen LogP contribution < -0.4 is 10.6 Å². The van der Waals surface area contributed by atoms with Crippen molar-refractivity contribution in [3.63, 3.8) is 0 Å². The van der Waals surface area contributed by atoms with Gasteiger partial charge in [-0.1, -0.05) is 30.7 Å². The molecule has 0 saturated heterocycles. The van der Waals surface area contributed by atoms with Gasteiger partial charge in [-0.25, -0.2) is 0 Å². The number of thiophene rings is 1. The molecular formula is C17H17ClN2OS. The van der Waals surface area contributed by atoms with E-state index in [1.807, 2.05) is 24.3 Å². The molecule has 1 aliphatic carbocycles. The van der Waals surface area contributed by atoms with Crippen molar-refractivity contribution in [3.05, 3.63) is 50.9 Å². The van der Waals surface area contributed by atoms with Crippen molar-refractivity contribution in [1.82, 2.24) is 5.32 Å². The summed E-state index contributed by atoms with van der Waals surface area (Å²) >= 11 is 7.69. The van der Waals surface area contributed by atoms with Gasteiger partial charge >= 0.3 is 0 Å². The quantitative estimate of drug-likeness (QED) is 0.813. The zero-order chi connectivity index (χ0) is 15.3. The minimum atomic E-state index is -0.185. The second kappa shape index (κ2) is 5.28. The maximum atomic E-state index is 12.6. The fraction of sp³-hybridized carbons (Fsp3) is 0.353. The van der Waals surface area contributed by atoms with Crippen molar-refractivity contribution >= 4 is 33.8 Å². The maximum absolute atomic E-state index is 12.6. The van der Waals surface area contributed by atoms with Crippen LogP contribution in [0.5, 0.6) is 0 Å². The SMILES string of the molecule is C[C@@H]1CCc2c(sc3c2C(=O)N[C@H](c2ccc(Cl)cc2)N3)C1. The van der Waals surface area contributed by atoms with E-state index >= 15 is 0 Å². The largest absolute Gasteiger partial charge is 0.353 e. The molecule has 1 aromatic heterocycles. The van der Waals surface area contributed by atoms with Gasteiger partial charge in [0.05, 0.1) is 5.56 Å². The smallest absolute Gasteiger partial charge is 0.256 e. The second-order valence-electron chi connectivity index (χ2n) is 6.16. The van der Waals surface area contributed by atoms with Crippen molar-refractivity contribution in [1.29, 1.82) is 0 Å². The Morgan fingerprint density at radius 3 is 2.77 bits per heavy atom. The summed E-state index contributed by atoms with van der Waals surface area (Å²) in [6, 6.07) is 7.59. The number of fused-ring (bicyclic) bond motifs is 3. The Balaban J connectivity index is 1.69. The fourth-order valence-corrected chi connectivity index (χ4v) is 4.85. The van der Waals surface area contributed by atoms with Crippen LogP contribution in [0.3, 0.4) is 0 Å². The number of anilines is 1. The molecule has 114 valence electrons. The summed E-state index contributed by atoms with van der Waals surface area (Å²) in [6.07, 6.45) is 3.09. The number of amides is 1. The van der Waals surface area contributed by atoms with E-state index in [-0.39, 0.29) is 12.1 Å². The zero-order valence-electron chi connectivity index (χ0n) is 12.3. The summed E-state index contributed by atoms with van der Waals surface area (Å²) in [5, 5.41) is 8.27. The van der Waals surface area contributed by atoms with Crippen molar-refractivity contribution in [3.8, 4) is 0 Å². The fourth-order valence-electron chi connectivity index (χ4n) is 3.28. The first-order chi connectivity index (χ1) is 10.6. The minimum absolute atomic E-state index is 0.0424. The average molecular weight is 333 g/mol. The standard InChI is InChI=1S/C17H17ClN2OS/c1-9-2-7-12-13(8-9)22-17-14(12)16(21)19-15(20-17)10-3-5-11(18)6-4-10/h3-6,9,15,20H,2,7-8H2,1H3,(H,19,21)/t9-,15+/m1/s1. The number of rotatable bonds is 1. The summed E-state index contributed by atoms with van der Waals surface area (Å²) < 4.78 is 0. The van der Waals surface area contributed by atoms with E-state index < -0.39 is 0 Å². The van der Waals surface area contributed by atoms with E-state index in [2.05, 4.69) is 17.6 Å². The van der Waals surface area contributed by atoms with Crippen molar-refractivity contribution in [2.24, 2.45) is 5.92 Å². The Morgan fingerprint density at radius 2 is 2.00 bits per heavy atom. The van der Waals surface area contributed by atoms with Crippen LogP contribution in [0.4, 0.5) is 5.00 Å². The van der Waals surface area contributed by atoms with Gasteiger partial charge in [-0.3, -0.25) is 4.79 Å².